The second-order valence-electron chi connectivity index (χ2n) is 16.6. The van der Waals surface area contributed by atoms with Crippen LogP contribution in [0, 0.1) is 0 Å². The van der Waals surface area contributed by atoms with Gasteiger partial charge in [0, 0.05) is 22.2 Å². The van der Waals surface area contributed by atoms with Gasteiger partial charge in [0.1, 0.15) is 0 Å². The topological polar surface area (TPSA) is 16.1 Å². The third-order valence-corrected chi connectivity index (χ3v) is 13.3. The maximum Gasteiger partial charge on any atom is 0.0725 e. The number of pyridine rings is 1. The fourth-order valence-corrected chi connectivity index (χ4v) is 10.7. The molecule has 1 aromatic heterocycles. The van der Waals surface area contributed by atoms with E-state index >= 15 is 0 Å². The van der Waals surface area contributed by atoms with E-state index in [0.717, 1.165) is 33.8 Å². The molecular weight excluding hydrogens is 713 g/mol. The zero-order valence-electron chi connectivity index (χ0n) is 33.0. The number of benzene rings is 8. The molecule has 0 saturated heterocycles. The van der Waals surface area contributed by atoms with Crippen LogP contribution in [0.4, 0.5) is 17.1 Å². The van der Waals surface area contributed by atoms with E-state index < -0.39 is 5.41 Å². The summed E-state index contributed by atoms with van der Waals surface area (Å²) < 4.78 is 0. The fraction of sp³-hybridized carbons (Fsp3) is 0.0702. The van der Waals surface area contributed by atoms with Crippen LogP contribution in [-0.2, 0) is 10.8 Å². The normalized spacial score (nSPS) is 14.5. The number of fused-ring (bicyclic) bond motifs is 12. The van der Waals surface area contributed by atoms with Gasteiger partial charge in [-0.15, -0.1) is 0 Å². The molecule has 12 rings (SSSR count). The maximum atomic E-state index is 5.39. The first kappa shape index (κ1) is 33.8. The maximum absolute atomic E-state index is 5.39. The Balaban J connectivity index is 1.04. The average Bonchev–Trinajstić information content (AvgIpc) is 3.77. The molecule has 0 N–H and O–H groups in total. The average molecular weight is 753 g/mol. The SMILES string of the molecule is CC1(C)c2ccccc2N(c2ccc(-c3cc(-c4cccc5c4-c4ccccc4C54c5ccccc5-c5ccccc54)cc(-c4ccccc4)n3)cc2)c2ccccc21. The summed E-state index contributed by atoms with van der Waals surface area (Å²) in [4.78, 5) is 7.80. The molecule has 9 aromatic rings. The van der Waals surface area contributed by atoms with Crippen molar-refractivity contribution < 1.29 is 0 Å². The van der Waals surface area contributed by atoms with Crippen molar-refractivity contribution in [2.45, 2.75) is 24.7 Å². The van der Waals surface area contributed by atoms with Crippen molar-refractivity contribution in [1.29, 1.82) is 0 Å². The van der Waals surface area contributed by atoms with Crippen molar-refractivity contribution in [1.82, 2.24) is 4.98 Å². The Morgan fingerprint density at radius 1 is 0.356 bits per heavy atom. The van der Waals surface area contributed by atoms with Crippen molar-refractivity contribution in [3.8, 4) is 55.9 Å². The highest BCUT2D eigenvalue weighted by atomic mass is 15.2. The molecule has 278 valence electrons. The molecule has 2 heterocycles. The van der Waals surface area contributed by atoms with E-state index in [4.69, 9.17) is 4.98 Å². The van der Waals surface area contributed by atoms with Crippen molar-refractivity contribution in [2.75, 3.05) is 4.90 Å². The largest absolute Gasteiger partial charge is 0.310 e. The quantitative estimate of drug-likeness (QED) is 0.178. The third-order valence-electron chi connectivity index (χ3n) is 13.3. The first-order chi connectivity index (χ1) is 29.0. The van der Waals surface area contributed by atoms with Gasteiger partial charge in [0.25, 0.3) is 0 Å². The molecule has 3 aliphatic rings. The molecule has 2 aliphatic carbocycles. The van der Waals surface area contributed by atoms with E-state index in [1.165, 1.54) is 72.6 Å². The monoisotopic (exact) mass is 752 g/mol. The van der Waals surface area contributed by atoms with E-state index in [2.05, 4.69) is 225 Å². The molecule has 1 spiro atoms. The number of aromatic nitrogens is 1. The molecule has 59 heavy (non-hydrogen) atoms. The fourth-order valence-electron chi connectivity index (χ4n) is 10.7. The van der Waals surface area contributed by atoms with Crippen LogP contribution in [-0.4, -0.2) is 4.98 Å². The van der Waals surface area contributed by atoms with Gasteiger partial charge in [-0.25, -0.2) is 4.98 Å². The number of hydrogen-bond acceptors (Lipinski definition) is 2. The van der Waals surface area contributed by atoms with Gasteiger partial charge in [-0.1, -0.05) is 184 Å². The minimum Gasteiger partial charge on any atom is -0.310 e. The Bertz CT molecular complexity index is 3040. The van der Waals surface area contributed by atoms with Crippen LogP contribution in [0.15, 0.2) is 206 Å². The van der Waals surface area contributed by atoms with Crippen molar-refractivity contribution in [3.05, 3.63) is 240 Å². The molecule has 2 heteroatoms. The molecule has 0 unspecified atom stereocenters. The van der Waals surface area contributed by atoms with Gasteiger partial charge in [0.05, 0.1) is 28.2 Å². The summed E-state index contributed by atoms with van der Waals surface area (Å²) in [6.45, 7) is 4.67. The summed E-state index contributed by atoms with van der Waals surface area (Å²) in [5, 5.41) is 0. The molecular formula is C57H40N2. The highest BCUT2D eigenvalue weighted by Gasteiger charge is 2.52. The lowest BCUT2D eigenvalue weighted by Gasteiger charge is -2.42. The Hall–Kier alpha value is -7.29. The van der Waals surface area contributed by atoms with Crippen molar-refractivity contribution in [3.63, 3.8) is 0 Å². The molecule has 8 aromatic carbocycles. The number of para-hydroxylation sites is 2. The molecule has 2 nitrogen and oxygen atoms in total. The lowest BCUT2D eigenvalue weighted by atomic mass is 9.70. The number of rotatable bonds is 4. The number of anilines is 3. The highest BCUT2D eigenvalue weighted by Crippen LogP contribution is 2.64. The van der Waals surface area contributed by atoms with Crippen molar-refractivity contribution >= 4 is 17.1 Å². The Morgan fingerprint density at radius 3 is 1.39 bits per heavy atom. The van der Waals surface area contributed by atoms with Crippen LogP contribution in [0.2, 0.25) is 0 Å². The highest BCUT2D eigenvalue weighted by molar-refractivity contribution is 6.00. The molecule has 0 bridgehead atoms. The van der Waals surface area contributed by atoms with Gasteiger partial charge in [0.15, 0.2) is 0 Å². The van der Waals surface area contributed by atoms with Crippen LogP contribution in [0.3, 0.4) is 0 Å². The minimum atomic E-state index is -0.399. The van der Waals surface area contributed by atoms with Gasteiger partial charge in [0.2, 0.25) is 0 Å². The van der Waals surface area contributed by atoms with Crippen LogP contribution in [0.5, 0.6) is 0 Å². The van der Waals surface area contributed by atoms with Crippen molar-refractivity contribution in [2.24, 2.45) is 0 Å². The van der Waals surface area contributed by atoms with Gasteiger partial charge in [-0.3, -0.25) is 0 Å². The van der Waals surface area contributed by atoms with Crippen LogP contribution < -0.4 is 4.90 Å². The predicted molar refractivity (Wildman–Crippen MR) is 244 cm³/mol. The molecule has 0 amide bonds. The van der Waals surface area contributed by atoms with Crippen LogP contribution in [0.25, 0.3) is 55.9 Å². The molecule has 0 radical (unpaired) electrons. The summed E-state index contributed by atoms with van der Waals surface area (Å²) in [6, 6.07) is 75.9. The van der Waals surface area contributed by atoms with Gasteiger partial charge in [-0.2, -0.15) is 0 Å². The first-order valence-electron chi connectivity index (χ1n) is 20.6. The van der Waals surface area contributed by atoms with Gasteiger partial charge in [-0.05, 0) is 103 Å². The van der Waals surface area contributed by atoms with E-state index in [1.54, 1.807) is 0 Å². The lowest BCUT2D eigenvalue weighted by Crippen LogP contribution is -2.30. The molecule has 0 atom stereocenters. The lowest BCUT2D eigenvalue weighted by molar-refractivity contribution is 0.632. The Labute approximate surface area is 345 Å². The van der Waals surface area contributed by atoms with E-state index in [9.17, 15) is 0 Å². The van der Waals surface area contributed by atoms with Gasteiger partial charge >= 0.3 is 0 Å². The zero-order valence-corrected chi connectivity index (χ0v) is 33.0. The minimum absolute atomic E-state index is 0.107. The summed E-state index contributed by atoms with van der Waals surface area (Å²) in [7, 11) is 0. The summed E-state index contributed by atoms with van der Waals surface area (Å²) in [6.07, 6.45) is 0. The van der Waals surface area contributed by atoms with Gasteiger partial charge < -0.3 is 4.90 Å². The Kier molecular flexibility index (Phi) is 7.22. The smallest absolute Gasteiger partial charge is 0.0725 e. The summed E-state index contributed by atoms with van der Waals surface area (Å²) >= 11 is 0. The van der Waals surface area contributed by atoms with Crippen LogP contribution >= 0.6 is 0 Å². The molecule has 0 fully saturated rings. The van der Waals surface area contributed by atoms with E-state index in [-0.39, 0.29) is 5.41 Å². The standard InChI is InChI=1S/C57H40N2/c1-56(2)48-26-12-14-29-53(48)59(54-30-15-13-27-49(54)56)40-33-31-38(32-34-40)52-36-39(35-51(58-52)37-17-4-3-5-18-37)41-22-16-28-50-55(41)44-21-8-11-25-47(44)57(50)45-23-9-6-19-42(45)43-20-7-10-24-46(43)57/h3-36H,1-2H3. The number of hydrogen-bond donors (Lipinski definition) is 0. The summed E-state index contributed by atoms with van der Waals surface area (Å²) in [5.41, 5.74) is 22.8. The predicted octanol–water partition coefficient (Wildman–Crippen LogP) is 14.5. The van der Waals surface area contributed by atoms with Crippen LogP contribution in [0.1, 0.15) is 47.2 Å². The Morgan fingerprint density at radius 2 is 0.797 bits per heavy atom. The van der Waals surface area contributed by atoms with E-state index in [1.807, 2.05) is 0 Å². The second kappa shape index (κ2) is 12.6. The third kappa shape index (κ3) is 4.72. The zero-order chi connectivity index (χ0) is 39.3. The molecule has 0 saturated carbocycles. The first-order valence-corrected chi connectivity index (χ1v) is 20.6. The summed E-state index contributed by atoms with van der Waals surface area (Å²) in [5.74, 6) is 0. The van der Waals surface area contributed by atoms with E-state index in [0.29, 0.717) is 0 Å². The second-order valence-corrected chi connectivity index (χ2v) is 16.6. The molecule has 1 aliphatic heterocycles. The number of nitrogens with zero attached hydrogens (tertiary/aromatic N) is 2.